The molecule has 5 rings (SSSR count). The Balaban J connectivity index is 1.41. The second-order valence-corrected chi connectivity index (χ2v) is 10.2. The molecular formula is C27H30N8O2. The Morgan fingerprint density at radius 1 is 1.16 bits per heavy atom. The van der Waals surface area contributed by atoms with Crippen molar-refractivity contribution in [3.8, 4) is 6.07 Å². The Labute approximate surface area is 215 Å². The van der Waals surface area contributed by atoms with Gasteiger partial charge in [0.1, 0.15) is 17.7 Å². The van der Waals surface area contributed by atoms with Crippen molar-refractivity contribution < 1.29 is 9.53 Å². The van der Waals surface area contributed by atoms with Crippen molar-refractivity contribution in [3.05, 3.63) is 59.4 Å². The van der Waals surface area contributed by atoms with Crippen LogP contribution >= 0.6 is 0 Å². The summed E-state index contributed by atoms with van der Waals surface area (Å²) in [7, 11) is 0. The lowest BCUT2D eigenvalue weighted by atomic mass is 10.0. The summed E-state index contributed by atoms with van der Waals surface area (Å²) in [6.07, 6.45) is 1.39. The van der Waals surface area contributed by atoms with E-state index in [0.29, 0.717) is 49.9 Å². The van der Waals surface area contributed by atoms with Crippen molar-refractivity contribution in [3.63, 3.8) is 0 Å². The van der Waals surface area contributed by atoms with E-state index in [1.165, 1.54) is 0 Å². The molecule has 190 valence electrons. The topological polar surface area (TPSA) is 112 Å². The first-order valence-electron chi connectivity index (χ1n) is 12.3. The highest BCUT2D eigenvalue weighted by Crippen LogP contribution is 2.29. The molecule has 10 heteroatoms. The fraction of sp³-hybridized carbons (Fsp3) is 0.370. The Hall–Kier alpha value is -4.39. The smallest absolute Gasteiger partial charge is 0.410 e. The van der Waals surface area contributed by atoms with Gasteiger partial charge >= 0.3 is 6.09 Å². The summed E-state index contributed by atoms with van der Waals surface area (Å²) in [6, 6.07) is 14.2. The monoisotopic (exact) mass is 498 g/mol. The molecule has 37 heavy (non-hydrogen) atoms. The standard InChI is InChI=1S/C27H30N8O2/c1-18-19(15-28)6-5-7-20(18)16-29-24-22-14-21(8-9-23(22)35-17-30-32-25(35)31-24)33-10-12-34(13-11-33)26(36)37-27(2,3)4/h5-9,14,17H,10-13,16H2,1-4H3,(H,29,31,32). The molecule has 0 aliphatic carbocycles. The number of carbonyl (C=O) groups excluding carboxylic acids is 1. The van der Waals surface area contributed by atoms with Gasteiger partial charge in [0.05, 0.1) is 17.1 Å². The quantitative estimate of drug-likeness (QED) is 0.447. The van der Waals surface area contributed by atoms with Crippen LogP contribution in [0.4, 0.5) is 16.3 Å². The number of aromatic nitrogens is 4. The Kier molecular flexibility index (Phi) is 6.29. The Morgan fingerprint density at radius 2 is 1.95 bits per heavy atom. The number of hydrogen-bond acceptors (Lipinski definition) is 8. The number of ether oxygens (including phenoxy) is 1. The molecule has 0 bridgehead atoms. The van der Waals surface area contributed by atoms with Gasteiger partial charge in [0.15, 0.2) is 0 Å². The van der Waals surface area contributed by atoms with Crippen LogP contribution in [0.5, 0.6) is 0 Å². The number of nitrogens with zero attached hydrogens (tertiary/aromatic N) is 7. The van der Waals surface area contributed by atoms with Crippen molar-refractivity contribution in [2.45, 2.75) is 39.8 Å². The van der Waals surface area contributed by atoms with Gasteiger partial charge in [-0.1, -0.05) is 12.1 Å². The van der Waals surface area contributed by atoms with Crippen LogP contribution in [0.1, 0.15) is 37.5 Å². The van der Waals surface area contributed by atoms with Crippen LogP contribution in [0, 0.1) is 18.3 Å². The van der Waals surface area contributed by atoms with Crippen molar-refractivity contribution in [1.29, 1.82) is 5.26 Å². The zero-order chi connectivity index (χ0) is 26.2. The first kappa shape index (κ1) is 24.3. The van der Waals surface area contributed by atoms with E-state index in [9.17, 15) is 10.1 Å². The fourth-order valence-corrected chi connectivity index (χ4v) is 4.54. The van der Waals surface area contributed by atoms with Gasteiger partial charge in [-0.05, 0) is 63.1 Å². The zero-order valence-electron chi connectivity index (χ0n) is 21.5. The molecule has 1 N–H and O–H groups in total. The number of nitriles is 1. The molecule has 2 aromatic heterocycles. The number of hydrogen-bond donors (Lipinski definition) is 1. The predicted molar refractivity (Wildman–Crippen MR) is 142 cm³/mol. The third-order valence-corrected chi connectivity index (χ3v) is 6.55. The maximum Gasteiger partial charge on any atom is 0.410 e. The predicted octanol–water partition coefficient (Wildman–Crippen LogP) is 4.13. The molecule has 0 saturated carbocycles. The highest BCUT2D eigenvalue weighted by atomic mass is 16.6. The first-order chi connectivity index (χ1) is 17.7. The van der Waals surface area contributed by atoms with Gasteiger partial charge in [0.2, 0.25) is 0 Å². The Bertz CT molecular complexity index is 1510. The van der Waals surface area contributed by atoms with Gasteiger partial charge in [-0.3, -0.25) is 4.40 Å². The number of piperazine rings is 1. The van der Waals surface area contributed by atoms with Crippen molar-refractivity contribution in [1.82, 2.24) is 24.5 Å². The lowest BCUT2D eigenvalue weighted by Gasteiger charge is -2.36. The van der Waals surface area contributed by atoms with E-state index >= 15 is 0 Å². The average Bonchev–Trinajstić information content (AvgIpc) is 3.35. The number of benzene rings is 2. The normalized spacial score (nSPS) is 14.1. The molecule has 1 aliphatic heterocycles. The molecule has 1 aliphatic rings. The molecule has 2 aromatic carbocycles. The van der Waals surface area contributed by atoms with E-state index in [0.717, 1.165) is 27.7 Å². The number of anilines is 2. The third-order valence-electron chi connectivity index (χ3n) is 6.55. The average molecular weight is 499 g/mol. The highest BCUT2D eigenvalue weighted by molar-refractivity contribution is 5.93. The van der Waals surface area contributed by atoms with Crippen LogP contribution in [-0.2, 0) is 11.3 Å². The number of nitrogens with one attached hydrogen (secondary N) is 1. The molecular weight excluding hydrogens is 468 g/mol. The minimum absolute atomic E-state index is 0.271. The van der Waals surface area contributed by atoms with Crippen LogP contribution < -0.4 is 10.2 Å². The summed E-state index contributed by atoms with van der Waals surface area (Å²) in [5.74, 6) is 1.21. The summed E-state index contributed by atoms with van der Waals surface area (Å²) < 4.78 is 7.40. The van der Waals surface area contributed by atoms with Crippen LogP contribution in [0.25, 0.3) is 16.7 Å². The zero-order valence-corrected chi connectivity index (χ0v) is 21.5. The minimum Gasteiger partial charge on any atom is -0.444 e. The summed E-state index contributed by atoms with van der Waals surface area (Å²) in [4.78, 5) is 21.2. The summed E-state index contributed by atoms with van der Waals surface area (Å²) >= 11 is 0. The molecule has 10 nitrogen and oxygen atoms in total. The highest BCUT2D eigenvalue weighted by Gasteiger charge is 2.26. The van der Waals surface area contributed by atoms with E-state index in [2.05, 4.69) is 44.7 Å². The lowest BCUT2D eigenvalue weighted by molar-refractivity contribution is 0.0240. The van der Waals surface area contributed by atoms with Gasteiger partial charge in [-0.15, -0.1) is 10.2 Å². The van der Waals surface area contributed by atoms with Gasteiger partial charge in [-0.25, -0.2) is 4.79 Å². The van der Waals surface area contributed by atoms with Crippen LogP contribution in [0.2, 0.25) is 0 Å². The van der Waals surface area contributed by atoms with Gasteiger partial charge in [-0.2, -0.15) is 10.2 Å². The van der Waals surface area contributed by atoms with Crippen LogP contribution in [0.3, 0.4) is 0 Å². The summed E-state index contributed by atoms with van der Waals surface area (Å²) in [5.41, 5.74) is 4.13. The molecule has 3 heterocycles. The van der Waals surface area contributed by atoms with Gasteiger partial charge in [0, 0.05) is 43.8 Å². The van der Waals surface area contributed by atoms with E-state index in [1.54, 1.807) is 11.2 Å². The van der Waals surface area contributed by atoms with Crippen molar-refractivity contribution in [2.75, 3.05) is 36.4 Å². The first-order valence-corrected chi connectivity index (χ1v) is 12.3. The maximum atomic E-state index is 12.5. The van der Waals surface area contributed by atoms with Crippen molar-refractivity contribution in [2.24, 2.45) is 0 Å². The number of rotatable bonds is 4. The number of fused-ring (bicyclic) bond motifs is 3. The van der Waals surface area contributed by atoms with Gasteiger partial charge < -0.3 is 19.9 Å². The molecule has 0 spiro atoms. The van der Waals surface area contributed by atoms with E-state index in [1.807, 2.05) is 50.3 Å². The summed E-state index contributed by atoms with van der Waals surface area (Å²) in [5, 5.41) is 22.0. The lowest BCUT2D eigenvalue weighted by Crippen LogP contribution is -2.50. The van der Waals surface area contributed by atoms with Crippen LogP contribution in [-0.4, -0.2) is 62.4 Å². The molecule has 4 aromatic rings. The molecule has 1 saturated heterocycles. The third kappa shape index (κ3) is 4.98. The Morgan fingerprint density at radius 3 is 2.68 bits per heavy atom. The number of amides is 1. The fourth-order valence-electron chi connectivity index (χ4n) is 4.54. The second-order valence-electron chi connectivity index (χ2n) is 10.2. The molecule has 0 radical (unpaired) electrons. The van der Waals surface area contributed by atoms with Crippen LogP contribution in [0.15, 0.2) is 42.7 Å². The van der Waals surface area contributed by atoms with Gasteiger partial charge in [0.25, 0.3) is 5.78 Å². The van der Waals surface area contributed by atoms with E-state index in [-0.39, 0.29) is 6.09 Å². The largest absolute Gasteiger partial charge is 0.444 e. The molecule has 1 amide bonds. The van der Waals surface area contributed by atoms with Crippen molar-refractivity contribution >= 4 is 34.3 Å². The SMILES string of the molecule is Cc1c(C#N)cccc1CNc1nc2nncn2c2ccc(N3CCN(C(=O)OC(C)(C)C)CC3)cc12. The number of carbonyl (C=O) groups is 1. The van der Waals surface area contributed by atoms with E-state index in [4.69, 9.17) is 9.72 Å². The maximum absolute atomic E-state index is 12.5. The second kappa shape index (κ2) is 9.58. The minimum atomic E-state index is -0.509. The van der Waals surface area contributed by atoms with E-state index < -0.39 is 5.60 Å². The molecule has 1 fully saturated rings. The summed E-state index contributed by atoms with van der Waals surface area (Å²) in [6.45, 7) is 10.7. The molecule has 0 atom stereocenters. The molecule has 0 unspecified atom stereocenters.